The molecular formula is C23H22BrFN2O2. The molecule has 2 aromatic carbocycles. The van der Waals surface area contributed by atoms with Crippen molar-refractivity contribution in [3.05, 3.63) is 87.8 Å². The second-order valence-electron chi connectivity index (χ2n) is 7.05. The van der Waals surface area contributed by atoms with E-state index in [9.17, 15) is 9.18 Å². The highest BCUT2D eigenvalue weighted by Gasteiger charge is 2.18. The lowest BCUT2D eigenvalue weighted by Crippen LogP contribution is -2.11. The zero-order valence-electron chi connectivity index (χ0n) is 16.3. The van der Waals surface area contributed by atoms with Crippen molar-refractivity contribution in [2.45, 2.75) is 20.4 Å². The Balaban J connectivity index is 1.74. The number of rotatable bonds is 8. The molecule has 0 aliphatic carbocycles. The molecular weight excluding hydrogens is 435 g/mol. The summed E-state index contributed by atoms with van der Waals surface area (Å²) in [6.45, 7) is 5.38. The third-order valence-electron chi connectivity index (χ3n) is 4.20. The molecule has 3 aromatic rings. The van der Waals surface area contributed by atoms with Crippen LogP contribution in [-0.4, -0.2) is 17.4 Å². The van der Waals surface area contributed by atoms with Gasteiger partial charge in [-0.2, -0.15) is 0 Å². The average Bonchev–Trinajstić information content (AvgIpc) is 2.71. The van der Waals surface area contributed by atoms with Gasteiger partial charge in [0.1, 0.15) is 17.4 Å². The number of aromatic nitrogens is 1. The maximum absolute atomic E-state index is 13.2. The van der Waals surface area contributed by atoms with Gasteiger partial charge in [0, 0.05) is 22.8 Å². The molecule has 0 spiro atoms. The molecule has 0 saturated heterocycles. The molecule has 1 aromatic heterocycles. The lowest BCUT2D eigenvalue weighted by molar-refractivity contribution is 0.103. The zero-order valence-corrected chi connectivity index (χ0v) is 17.9. The fourth-order valence-corrected chi connectivity index (χ4v) is 3.17. The van der Waals surface area contributed by atoms with Crippen LogP contribution in [-0.2, 0) is 6.54 Å². The van der Waals surface area contributed by atoms with Crippen LogP contribution in [0.25, 0.3) is 0 Å². The van der Waals surface area contributed by atoms with Gasteiger partial charge in [0.05, 0.1) is 12.2 Å². The quantitative estimate of drug-likeness (QED) is 0.431. The normalized spacial score (nSPS) is 10.8. The van der Waals surface area contributed by atoms with E-state index < -0.39 is 0 Å². The number of nitrogens with one attached hydrogen (secondary N) is 1. The largest absolute Gasteiger partial charge is 0.493 e. The number of ether oxygens (including phenoxy) is 1. The Morgan fingerprint density at radius 3 is 2.45 bits per heavy atom. The Hall–Kier alpha value is -2.73. The van der Waals surface area contributed by atoms with Crippen LogP contribution in [0.2, 0.25) is 0 Å². The summed E-state index contributed by atoms with van der Waals surface area (Å²) >= 11 is 3.43. The summed E-state index contributed by atoms with van der Waals surface area (Å²) in [4.78, 5) is 17.3. The molecule has 3 rings (SSSR count). The van der Waals surface area contributed by atoms with Gasteiger partial charge in [-0.3, -0.25) is 4.79 Å². The van der Waals surface area contributed by atoms with Gasteiger partial charge in [-0.05, 0) is 69.9 Å². The lowest BCUT2D eigenvalue weighted by atomic mass is 10.0. The Morgan fingerprint density at radius 2 is 1.79 bits per heavy atom. The minimum atomic E-state index is -0.383. The van der Waals surface area contributed by atoms with Gasteiger partial charge in [0.2, 0.25) is 0 Å². The molecule has 6 heteroatoms. The summed E-state index contributed by atoms with van der Waals surface area (Å²) in [7, 11) is 0. The minimum absolute atomic E-state index is 0.232. The number of nitrogens with zero attached hydrogens (tertiary/aromatic N) is 1. The first-order valence-corrected chi connectivity index (χ1v) is 10.1. The predicted octanol–water partition coefficient (Wildman–Crippen LogP) is 5.86. The molecule has 29 heavy (non-hydrogen) atoms. The molecule has 0 fully saturated rings. The van der Waals surface area contributed by atoms with Gasteiger partial charge in [-0.25, -0.2) is 9.37 Å². The molecule has 0 aliphatic heterocycles. The van der Waals surface area contributed by atoms with E-state index >= 15 is 0 Å². The summed E-state index contributed by atoms with van der Waals surface area (Å²) < 4.78 is 19.5. The van der Waals surface area contributed by atoms with Crippen molar-refractivity contribution in [3.8, 4) is 5.75 Å². The van der Waals surface area contributed by atoms with Crippen molar-refractivity contribution >= 4 is 27.5 Å². The van der Waals surface area contributed by atoms with Crippen LogP contribution in [0.15, 0.2) is 65.3 Å². The zero-order chi connectivity index (χ0) is 20.8. The van der Waals surface area contributed by atoms with E-state index in [0.29, 0.717) is 40.5 Å². The van der Waals surface area contributed by atoms with Gasteiger partial charge in [0.25, 0.3) is 0 Å². The molecule has 0 aliphatic rings. The van der Waals surface area contributed by atoms with Gasteiger partial charge < -0.3 is 10.1 Å². The molecule has 0 radical (unpaired) electrons. The number of carbonyl (C=O) groups excluding carboxylic acids is 1. The number of hydrogen-bond donors (Lipinski definition) is 1. The fourth-order valence-electron chi connectivity index (χ4n) is 2.69. The number of benzene rings is 2. The minimum Gasteiger partial charge on any atom is -0.493 e. The highest BCUT2D eigenvalue weighted by molar-refractivity contribution is 9.10. The number of carbonyl (C=O) groups is 1. The van der Waals surface area contributed by atoms with Crippen LogP contribution in [0, 0.1) is 11.7 Å². The van der Waals surface area contributed by atoms with Gasteiger partial charge in [0.15, 0.2) is 5.78 Å². The maximum atomic E-state index is 13.2. The summed E-state index contributed by atoms with van der Waals surface area (Å²) in [6.07, 6.45) is 1.62. The van der Waals surface area contributed by atoms with Crippen LogP contribution in [0.1, 0.15) is 35.3 Å². The number of halogens is 2. The number of ketones is 1. The Kier molecular flexibility index (Phi) is 6.99. The van der Waals surface area contributed by atoms with E-state index in [0.717, 1.165) is 11.3 Å². The van der Waals surface area contributed by atoms with Crippen molar-refractivity contribution in [1.29, 1.82) is 0 Å². The van der Waals surface area contributed by atoms with Crippen molar-refractivity contribution in [1.82, 2.24) is 4.98 Å². The third kappa shape index (κ3) is 5.64. The smallest absolute Gasteiger partial charge is 0.197 e. The molecule has 4 nitrogen and oxygen atoms in total. The van der Waals surface area contributed by atoms with E-state index in [2.05, 4.69) is 40.1 Å². The van der Waals surface area contributed by atoms with Crippen LogP contribution in [0.3, 0.4) is 0 Å². The lowest BCUT2D eigenvalue weighted by Gasteiger charge is -2.13. The number of hydrogen-bond acceptors (Lipinski definition) is 4. The molecule has 0 unspecified atom stereocenters. The molecule has 1 N–H and O–H groups in total. The highest BCUT2D eigenvalue weighted by Crippen LogP contribution is 2.26. The van der Waals surface area contributed by atoms with Crippen LogP contribution >= 0.6 is 15.9 Å². The second-order valence-corrected chi connectivity index (χ2v) is 7.91. The van der Waals surface area contributed by atoms with Crippen molar-refractivity contribution in [2.75, 3.05) is 11.9 Å². The molecule has 0 amide bonds. The van der Waals surface area contributed by atoms with E-state index in [1.807, 2.05) is 24.3 Å². The van der Waals surface area contributed by atoms with Crippen molar-refractivity contribution in [2.24, 2.45) is 5.92 Å². The van der Waals surface area contributed by atoms with Crippen molar-refractivity contribution < 1.29 is 13.9 Å². The topological polar surface area (TPSA) is 51.2 Å². The van der Waals surface area contributed by atoms with Crippen molar-refractivity contribution in [3.63, 3.8) is 0 Å². The summed E-state index contributed by atoms with van der Waals surface area (Å²) in [5, 5.41) is 3.23. The van der Waals surface area contributed by atoms with Gasteiger partial charge >= 0.3 is 0 Å². The number of anilines is 1. The van der Waals surface area contributed by atoms with Crippen LogP contribution in [0.5, 0.6) is 5.75 Å². The Morgan fingerprint density at radius 1 is 1.10 bits per heavy atom. The van der Waals surface area contributed by atoms with E-state index in [1.165, 1.54) is 24.3 Å². The second kappa shape index (κ2) is 9.65. The molecule has 1 heterocycles. The summed E-state index contributed by atoms with van der Waals surface area (Å²) in [6, 6.07) is 15.0. The standard InChI is InChI=1S/C23H22BrFN2O2/c1-15(2)14-29-19-9-3-16(4-10-19)13-27-23-21(20(24)11-12-26-23)22(28)17-5-7-18(25)8-6-17/h3-12,15H,13-14H2,1-2H3,(H,26,27). The Labute approximate surface area is 178 Å². The summed E-state index contributed by atoms with van der Waals surface area (Å²) in [5.41, 5.74) is 1.84. The number of pyridine rings is 1. The fraction of sp³-hybridized carbons (Fsp3) is 0.217. The Bertz CT molecular complexity index is 973. The van der Waals surface area contributed by atoms with Crippen LogP contribution in [0.4, 0.5) is 10.2 Å². The van der Waals surface area contributed by atoms with E-state index in [-0.39, 0.29) is 11.6 Å². The molecule has 0 bridgehead atoms. The molecule has 0 saturated carbocycles. The molecule has 0 atom stereocenters. The highest BCUT2D eigenvalue weighted by atomic mass is 79.9. The van der Waals surface area contributed by atoms with E-state index in [4.69, 9.17) is 4.74 Å². The first-order chi connectivity index (χ1) is 13.9. The maximum Gasteiger partial charge on any atom is 0.197 e. The van der Waals surface area contributed by atoms with E-state index in [1.54, 1.807) is 12.3 Å². The van der Waals surface area contributed by atoms with Gasteiger partial charge in [-0.15, -0.1) is 0 Å². The first kappa shape index (κ1) is 21.0. The van der Waals surface area contributed by atoms with Gasteiger partial charge in [-0.1, -0.05) is 26.0 Å². The SMILES string of the molecule is CC(C)COc1ccc(CNc2nccc(Br)c2C(=O)c2ccc(F)cc2)cc1. The molecule has 150 valence electrons. The predicted molar refractivity (Wildman–Crippen MR) is 116 cm³/mol. The monoisotopic (exact) mass is 456 g/mol. The van der Waals surface area contributed by atoms with Crippen LogP contribution < -0.4 is 10.1 Å². The average molecular weight is 457 g/mol. The first-order valence-electron chi connectivity index (χ1n) is 9.34. The summed E-state index contributed by atoms with van der Waals surface area (Å²) in [5.74, 6) is 1.15. The third-order valence-corrected chi connectivity index (χ3v) is 4.86.